The minimum Gasteiger partial charge on any atom is -0.415 e. The topological polar surface area (TPSA) is 9.23 Å². The zero-order chi connectivity index (χ0) is 15.3. The lowest BCUT2D eigenvalue weighted by atomic mass is 9.88. The van der Waals surface area contributed by atoms with Gasteiger partial charge in [-0.3, -0.25) is 0 Å². The molecule has 1 nitrogen and oxygen atoms in total. The van der Waals surface area contributed by atoms with E-state index in [0.29, 0.717) is 0 Å². The molecule has 1 saturated heterocycles. The fourth-order valence-electron chi connectivity index (χ4n) is 3.13. The molecule has 0 saturated carbocycles. The molecular weight excluding hydrogens is 412 g/mol. The zero-order valence-electron chi connectivity index (χ0n) is 13.7. The van der Waals surface area contributed by atoms with Crippen LogP contribution < -0.4 is 0 Å². The molecule has 0 amide bonds. The molecule has 0 unspecified atom stereocenters. The predicted octanol–water partition coefficient (Wildman–Crippen LogP) is 6.27. The molecule has 0 N–H and O–H groups in total. The van der Waals surface area contributed by atoms with Gasteiger partial charge in [-0.1, -0.05) is 51.0 Å². The van der Waals surface area contributed by atoms with Crippen LogP contribution in [0.15, 0.2) is 0 Å². The van der Waals surface area contributed by atoms with Gasteiger partial charge in [-0.2, -0.15) is 0 Å². The molecule has 0 aromatic rings. The largest absolute Gasteiger partial charge is 0.415 e. The first-order valence-corrected chi connectivity index (χ1v) is 17.5. The lowest BCUT2D eigenvalue weighted by Gasteiger charge is -2.52. The van der Waals surface area contributed by atoms with Gasteiger partial charge in [0.15, 0.2) is 7.83 Å². The van der Waals surface area contributed by atoms with Gasteiger partial charge in [-0.15, -0.1) is 0 Å². The summed E-state index contributed by atoms with van der Waals surface area (Å²) in [6.45, 7) is 10.1. The van der Waals surface area contributed by atoms with Crippen LogP contribution in [0.1, 0.15) is 44.9 Å². The van der Waals surface area contributed by atoms with Crippen LogP contribution in [0.25, 0.3) is 0 Å². The Bertz CT molecular complexity index is 286. The summed E-state index contributed by atoms with van der Waals surface area (Å²) in [7, 11) is -2.56. The monoisotopic (exact) mass is 442 g/mol. The molecule has 5 heteroatoms. The van der Waals surface area contributed by atoms with Crippen molar-refractivity contribution in [1.29, 1.82) is 0 Å². The fourth-order valence-corrected chi connectivity index (χ4v) is 10.9. The molecule has 0 spiro atoms. The average Bonchev–Trinajstić information content (AvgIpc) is 2.35. The summed E-state index contributed by atoms with van der Waals surface area (Å²) in [5.74, 6) is 0. The van der Waals surface area contributed by atoms with Crippen LogP contribution >= 0.6 is 31.9 Å². The van der Waals surface area contributed by atoms with Gasteiger partial charge in [0.05, 0.1) is 13.2 Å². The van der Waals surface area contributed by atoms with Crippen molar-refractivity contribution >= 4 is 47.3 Å². The zero-order valence-corrected chi connectivity index (χ0v) is 18.9. The molecule has 0 aliphatic carbocycles. The van der Waals surface area contributed by atoms with E-state index in [2.05, 4.69) is 58.0 Å². The molecule has 1 aliphatic heterocycles. The van der Waals surface area contributed by atoms with E-state index in [-0.39, 0.29) is 5.60 Å². The van der Waals surface area contributed by atoms with Crippen LogP contribution in [0.4, 0.5) is 0 Å². The van der Waals surface area contributed by atoms with E-state index in [9.17, 15) is 0 Å². The van der Waals surface area contributed by atoms with Crippen LogP contribution in [0.2, 0.25) is 32.2 Å². The first-order chi connectivity index (χ1) is 9.29. The van der Waals surface area contributed by atoms with E-state index in [1.54, 1.807) is 0 Å². The van der Waals surface area contributed by atoms with Gasteiger partial charge in [-0.05, 0) is 58.0 Å². The van der Waals surface area contributed by atoms with Gasteiger partial charge in [-0.25, -0.2) is 0 Å². The number of hydrogen-bond donors (Lipinski definition) is 0. The Morgan fingerprint density at radius 2 is 1.40 bits per heavy atom. The third-order valence-corrected chi connectivity index (χ3v) is 23.0. The first-order valence-electron chi connectivity index (χ1n) is 8.11. The predicted molar refractivity (Wildman–Crippen MR) is 103 cm³/mol. The standard InChI is InChI=1S/C15H32Br2OSi2/c1-19(2)14-11-15(9-5-7-12-16,10-6-8-13-17)18-20(19,3)4/h5-14H2,1-4H3. The quantitative estimate of drug-likeness (QED) is 0.244. The van der Waals surface area contributed by atoms with Crippen molar-refractivity contribution in [2.45, 2.75) is 82.8 Å². The smallest absolute Gasteiger partial charge is 0.174 e. The van der Waals surface area contributed by atoms with Crippen molar-refractivity contribution in [1.82, 2.24) is 0 Å². The van der Waals surface area contributed by atoms with E-state index in [0.717, 1.165) is 10.7 Å². The highest BCUT2D eigenvalue weighted by atomic mass is 79.9. The van der Waals surface area contributed by atoms with Crippen LogP contribution in [0, 0.1) is 0 Å². The fraction of sp³-hybridized carbons (Fsp3) is 1.00. The molecular formula is C15H32Br2OSi2. The van der Waals surface area contributed by atoms with E-state index >= 15 is 0 Å². The number of alkyl halides is 2. The van der Waals surface area contributed by atoms with Crippen molar-refractivity contribution < 1.29 is 4.43 Å². The van der Waals surface area contributed by atoms with Crippen molar-refractivity contribution in [3.63, 3.8) is 0 Å². The maximum Gasteiger partial charge on any atom is 0.174 e. The number of halogens is 2. The highest BCUT2D eigenvalue weighted by Gasteiger charge is 2.52. The van der Waals surface area contributed by atoms with Gasteiger partial charge in [0, 0.05) is 10.7 Å². The summed E-state index contributed by atoms with van der Waals surface area (Å²) in [4.78, 5) is 0. The SMILES string of the molecule is C[Si]1(C)CCC(CCCCBr)(CCCCBr)O[Si]1(C)C. The second kappa shape index (κ2) is 8.27. The van der Waals surface area contributed by atoms with Crippen LogP contribution in [-0.4, -0.2) is 31.7 Å². The van der Waals surface area contributed by atoms with E-state index in [4.69, 9.17) is 4.43 Å². The highest BCUT2D eigenvalue weighted by molar-refractivity contribution is 9.09. The van der Waals surface area contributed by atoms with Crippen LogP contribution in [0.3, 0.4) is 0 Å². The summed E-state index contributed by atoms with van der Waals surface area (Å²) in [5.41, 5.74) is 0.225. The molecule has 1 aliphatic rings. The Morgan fingerprint density at radius 3 is 1.80 bits per heavy atom. The summed E-state index contributed by atoms with van der Waals surface area (Å²) in [6.07, 6.45) is 9.08. The third-order valence-electron chi connectivity index (χ3n) is 5.34. The Morgan fingerprint density at radius 1 is 0.900 bits per heavy atom. The first kappa shape index (κ1) is 19.4. The number of unbranched alkanes of at least 4 members (excludes halogenated alkanes) is 2. The molecule has 20 heavy (non-hydrogen) atoms. The minimum atomic E-state index is -1.46. The molecule has 1 heterocycles. The Hall–Kier alpha value is 1.35. The second-order valence-electron chi connectivity index (χ2n) is 7.47. The van der Waals surface area contributed by atoms with Crippen LogP contribution in [0.5, 0.6) is 0 Å². The van der Waals surface area contributed by atoms with Gasteiger partial charge < -0.3 is 4.43 Å². The Kier molecular flexibility index (Phi) is 8.03. The normalized spacial score (nSPS) is 23.7. The van der Waals surface area contributed by atoms with Gasteiger partial charge in [0.2, 0.25) is 0 Å². The molecule has 0 atom stereocenters. The lowest BCUT2D eigenvalue weighted by molar-refractivity contribution is 0.0310. The summed E-state index contributed by atoms with van der Waals surface area (Å²) in [6, 6.07) is 1.48. The van der Waals surface area contributed by atoms with Crippen LogP contribution in [-0.2, 0) is 4.43 Å². The second-order valence-corrected chi connectivity index (χ2v) is 24.2. The van der Waals surface area contributed by atoms with E-state index < -0.39 is 15.4 Å². The van der Waals surface area contributed by atoms with Gasteiger partial charge in [0.1, 0.15) is 0 Å². The molecule has 0 aromatic heterocycles. The van der Waals surface area contributed by atoms with Crippen molar-refractivity contribution in [2.24, 2.45) is 0 Å². The molecule has 0 aromatic carbocycles. The Labute approximate surface area is 144 Å². The van der Waals surface area contributed by atoms with Crippen molar-refractivity contribution in [3.8, 4) is 0 Å². The average molecular weight is 444 g/mol. The highest BCUT2D eigenvalue weighted by Crippen LogP contribution is 2.44. The maximum absolute atomic E-state index is 6.94. The summed E-state index contributed by atoms with van der Waals surface area (Å²) < 4.78 is 6.94. The molecule has 1 fully saturated rings. The molecule has 0 radical (unpaired) electrons. The number of rotatable bonds is 8. The summed E-state index contributed by atoms with van der Waals surface area (Å²) >= 11 is 7.13. The van der Waals surface area contributed by atoms with Crippen molar-refractivity contribution in [3.05, 3.63) is 0 Å². The summed E-state index contributed by atoms with van der Waals surface area (Å²) in [5, 5.41) is 2.26. The molecule has 0 bridgehead atoms. The van der Waals surface area contributed by atoms with E-state index in [1.807, 2.05) is 0 Å². The van der Waals surface area contributed by atoms with Crippen molar-refractivity contribution in [2.75, 3.05) is 10.7 Å². The Balaban J connectivity index is 2.72. The molecule has 1 rings (SSSR count). The minimum absolute atomic E-state index is 0.225. The lowest BCUT2D eigenvalue weighted by Crippen LogP contribution is -2.65. The van der Waals surface area contributed by atoms with E-state index in [1.165, 1.54) is 51.0 Å². The maximum atomic E-state index is 6.94. The molecule has 120 valence electrons. The third kappa shape index (κ3) is 5.22. The number of hydrogen-bond acceptors (Lipinski definition) is 1. The van der Waals surface area contributed by atoms with Gasteiger partial charge >= 0.3 is 0 Å². The van der Waals surface area contributed by atoms with Gasteiger partial charge in [0.25, 0.3) is 0 Å².